The highest BCUT2D eigenvalue weighted by molar-refractivity contribution is 9.10. The average Bonchev–Trinajstić information content (AvgIpc) is 2.86. The van der Waals surface area contributed by atoms with Crippen LogP contribution in [0.25, 0.3) is 0 Å². The van der Waals surface area contributed by atoms with E-state index in [4.69, 9.17) is 0 Å². The molecule has 2 aromatic rings. The molecule has 3 rings (SSSR count). The molecule has 22 heavy (non-hydrogen) atoms. The zero-order chi connectivity index (χ0) is 15.7. The van der Waals surface area contributed by atoms with Gasteiger partial charge < -0.3 is 10.0 Å². The number of β-amino-alcohol motifs (C(OH)–C–C–N with tert-alkyl or cyclic N) is 1. The maximum atomic E-state index is 12.7. The zero-order valence-corrected chi connectivity index (χ0v) is 13.3. The lowest BCUT2D eigenvalue weighted by atomic mass is 10.0. The molecule has 5 heteroatoms. The number of nitrogens with zero attached hydrogens (tertiary/aromatic N) is 1. The Labute approximate surface area is 136 Å². The number of aliphatic hydroxyl groups is 1. The van der Waals surface area contributed by atoms with E-state index in [9.17, 15) is 14.7 Å². The standard InChI is InChI=1S/C17H14BrNO3/c18-12-6-7-15(19-10-13(20)9-16(19)21)14(8-12)17(22)11-4-2-1-3-5-11/h1-8,13,20H,9-10H2. The molecule has 112 valence electrons. The van der Waals surface area contributed by atoms with Gasteiger partial charge in [-0.2, -0.15) is 0 Å². The summed E-state index contributed by atoms with van der Waals surface area (Å²) in [5, 5.41) is 9.68. The van der Waals surface area contributed by atoms with Crippen LogP contribution in [0.4, 0.5) is 5.69 Å². The van der Waals surface area contributed by atoms with Gasteiger partial charge in [0.2, 0.25) is 5.91 Å². The van der Waals surface area contributed by atoms with Crippen LogP contribution in [-0.4, -0.2) is 29.4 Å². The van der Waals surface area contributed by atoms with Gasteiger partial charge >= 0.3 is 0 Å². The number of ketones is 1. The Morgan fingerprint density at radius 3 is 2.55 bits per heavy atom. The normalized spacial score (nSPS) is 17.8. The number of carbonyl (C=O) groups is 2. The van der Waals surface area contributed by atoms with Gasteiger partial charge in [0.05, 0.1) is 24.8 Å². The smallest absolute Gasteiger partial charge is 0.229 e. The predicted octanol–water partition coefficient (Wildman–Crippen LogP) is 2.78. The Balaban J connectivity index is 2.06. The van der Waals surface area contributed by atoms with Gasteiger partial charge in [-0.05, 0) is 18.2 Å². The number of benzene rings is 2. The molecule has 1 aliphatic rings. The molecule has 0 aliphatic carbocycles. The van der Waals surface area contributed by atoms with E-state index in [0.29, 0.717) is 16.8 Å². The molecule has 0 saturated carbocycles. The maximum absolute atomic E-state index is 12.7. The summed E-state index contributed by atoms with van der Waals surface area (Å²) in [5.74, 6) is -0.317. The number of hydrogen-bond acceptors (Lipinski definition) is 3. The van der Waals surface area contributed by atoms with Crippen LogP contribution in [0, 0.1) is 0 Å². The number of rotatable bonds is 3. The Hall–Kier alpha value is -1.98. The van der Waals surface area contributed by atoms with Crippen molar-refractivity contribution < 1.29 is 14.7 Å². The fourth-order valence-electron chi connectivity index (χ4n) is 2.59. The quantitative estimate of drug-likeness (QED) is 0.857. The van der Waals surface area contributed by atoms with E-state index >= 15 is 0 Å². The predicted molar refractivity (Wildman–Crippen MR) is 87.0 cm³/mol. The second-order valence-corrected chi connectivity index (χ2v) is 6.13. The largest absolute Gasteiger partial charge is 0.391 e. The Morgan fingerprint density at radius 2 is 1.91 bits per heavy atom. The third-order valence-corrected chi connectivity index (χ3v) is 4.13. The fraction of sp³-hybridized carbons (Fsp3) is 0.176. The summed E-state index contributed by atoms with van der Waals surface area (Å²) in [6.07, 6.45) is -0.592. The molecule has 1 amide bonds. The van der Waals surface area contributed by atoms with Crippen LogP contribution in [0.1, 0.15) is 22.3 Å². The first kappa shape index (κ1) is 14.9. The summed E-state index contributed by atoms with van der Waals surface area (Å²) in [4.78, 5) is 26.2. The van der Waals surface area contributed by atoms with E-state index in [1.54, 1.807) is 42.5 Å². The minimum Gasteiger partial charge on any atom is -0.391 e. The van der Waals surface area contributed by atoms with Crippen molar-refractivity contribution >= 4 is 33.3 Å². The SMILES string of the molecule is O=C(c1ccccc1)c1cc(Br)ccc1N1CC(O)CC1=O. The zero-order valence-electron chi connectivity index (χ0n) is 11.7. The van der Waals surface area contributed by atoms with E-state index < -0.39 is 6.10 Å². The first-order chi connectivity index (χ1) is 10.6. The van der Waals surface area contributed by atoms with Gasteiger partial charge in [-0.1, -0.05) is 46.3 Å². The van der Waals surface area contributed by atoms with Crippen molar-refractivity contribution in [1.29, 1.82) is 0 Å². The first-order valence-corrected chi connectivity index (χ1v) is 7.73. The van der Waals surface area contributed by atoms with E-state index in [2.05, 4.69) is 15.9 Å². The molecule has 4 nitrogen and oxygen atoms in total. The first-order valence-electron chi connectivity index (χ1n) is 6.94. The number of aliphatic hydroxyl groups excluding tert-OH is 1. The number of carbonyl (C=O) groups excluding carboxylic acids is 2. The second-order valence-electron chi connectivity index (χ2n) is 5.22. The summed E-state index contributed by atoms with van der Waals surface area (Å²) >= 11 is 3.37. The Morgan fingerprint density at radius 1 is 1.18 bits per heavy atom. The van der Waals surface area contributed by atoms with Crippen molar-refractivity contribution in [3.05, 3.63) is 64.1 Å². The molecule has 1 saturated heterocycles. The van der Waals surface area contributed by atoms with Gasteiger partial charge in [0.15, 0.2) is 5.78 Å². The molecule has 1 unspecified atom stereocenters. The summed E-state index contributed by atoms with van der Waals surface area (Å²) in [6, 6.07) is 14.2. The maximum Gasteiger partial charge on any atom is 0.229 e. The second kappa shape index (κ2) is 6.02. The molecule has 0 radical (unpaired) electrons. The summed E-state index contributed by atoms with van der Waals surface area (Å²) in [7, 11) is 0. The summed E-state index contributed by atoms with van der Waals surface area (Å²) in [6.45, 7) is 0.218. The summed E-state index contributed by atoms with van der Waals surface area (Å²) < 4.78 is 0.766. The fourth-order valence-corrected chi connectivity index (χ4v) is 2.95. The number of anilines is 1. The van der Waals surface area contributed by atoms with E-state index in [1.165, 1.54) is 4.90 Å². The van der Waals surface area contributed by atoms with Crippen molar-refractivity contribution in [3.63, 3.8) is 0 Å². The number of halogens is 1. The minimum absolute atomic E-state index is 0.0923. The molecule has 2 aromatic carbocycles. The molecule has 1 heterocycles. The average molecular weight is 360 g/mol. The highest BCUT2D eigenvalue weighted by atomic mass is 79.9. The van der Waals surface area contributed by atoms with Crippen LogP contribution in [-0.2, 0) is 4.79 Å². The van der Waals surface area contributed by atoms with Crippen molar-refractivity contribution in [2.24, 2.45) is 0 Å². The van der Waals surface area contributed by atoms with Gasteiger partial charge in [-0.15, -0.1) is 0 Å². The van der Waals surface area contributed by atoms with Crippen molar-refractivity contribution in [2.75, 3.05) is 11.4 Å². The molecule has 1 aliphatic heterocycles. The van der Waals surface area contributed by atoms with Gasteiger partial charge in [0.25, 0.3) is 0 Å². The minimum atomic E-state index is -0.684. The topological polar surface area (TPSA) is 57.6 Å². The third kappa shape index (κ3) is 2.82. The lowest BCUT2D eigenvalue weighted by Gasteiger charge is -2.19. The van der Waals surface area contributed by atoms with Gasteiger partial charge in [-0.3, -0.25) is 9.59 Å². The van der Waals surface area contributed by atoms with E-state index in [-0.39, 0.29) is 24.7 Å². The molecule has 1 N–H and O–H groups in total. The van der Waals surface area contributed by atoms with Crippen LogP contribution in [0.5, 0.6) is 0 Å². The van der Waals surface area contributed by atoms with Crippen molar-refractivity contribution in [2.45, 2.75) is 12.5 Å². The van der Waals surface area contributed by atoms with Crippen LogP contribution in [0.15, 0.2) is 53.0 Å². The Bertz CT molecular complexity index is 730. The molecular weight excluding hydrogens is 346 g/mol. The highest BCUT2D eigenvalue weighted by Crippen LogP contribution is 2.30. The van der Waals surface area contributed by atoms with Crippen LogP contribution < -0.4 is 4.90 Å². The molecular formula is C17H14BrNO3. The molecule has 1 fully saturated rings. The van der Waals surface area contributed by atoms with Crippen LogP contribution in [0.3, 0.4) is 0 Å². The van der Waals surface area contributed by atoms with Crippen molar-refractivity contribution in [3.8, 4) is 0 Å². The monoisotopic (exact) mass is 359 g/mol. The van der Waals surface area contributed by atoms with Gasteiger partial charge in [-0.25, -0.2) is 0 Å². The summed E-state index contributed by atoms with van der Waals surface area (Å²) in [5.41, 5.74) is 1.55. The van der Waals surface area contributed by atoms with E-state index in [1.807, 2.05) is 6.07 Å². The third-order valence-electron chi connectivity index (χ3n) is 3.63. The van der Waals surface area contributed by atoms with Gasteiger partial charge in [0, 0.05) is 15.6 Å². The number of hydrogen-bond donors (Lipinski definition) is 1. The van der Waals surface area contributed by atoms with E-state index in [0.717, 1.165) is 4.47 Å². The lowest BCUT2D eigenvalue weighted by molar-refractivity contribution is -0.117. The van der Waals surface area contributed by atoms with Gasteiger partial charge in [0.1, 0.15) is 0 Å². The Kier molecular flexibility index (Phi) is 4.09. The van der Waals surface area contributed by atoms with Crippen LogP contribution >= 0.6 is 15.9 Å². The molecule has 0 bridgehead atoms. The lowest BCUT2D eigenvalue weighted by Crippen LogP contribution is -2.27. The van der Waals surface area contributed by atoms with Crippen molar-refractivity contribution in [1.82, 2.24) is 0 Å². The number of amides is 1. The molecule has 1 atom stereocenters. The molecule has 0 aromatic heterocycles. The molecule has 0 spiro atoms. The van der Waals surface area contributed by atoms with Crippen LogP contribution in [0.2, 0.25) is 0 Å². The highest BCUT2D eigenvalue weighted by Gasteiger charge is 2.31.